The van der Waals surface area contributed by atoms with Crippen molar-refractivity contribution in [3.63, 3.8) is 0 Å². The fraction of sp³-hybridized carbons (Fsp3) is 0.400. The Kier molecular flexibility index (Phi) is 3.61. The molecule has 0 spiro atoms. The SMILES string of the molecule is CNCCc1c(C)c(Cl)cc(O)c1O. The van der Waals surface area contributed by atoms with E-state index in [-0.39, 0.29) is 11.5 Å². The number of phenols is 2. The first-order chi connectivity index (χ1) is 6.57. The summed E-state index contributed by atoms with van der Waals surface area (Å²) in [7, 11) is 1.83. The van der Waals surface area contributed by atoms with Crippen molar-refractivity contribution in [2.45, 2.75) is 13.3 Å². The van der Waals surface area contributed by atoms with Gasteiger partial charge >= 0.3 is 0 Å². The van der Waals surface area contributed by atoms with E-state index in [1.165, 1.54) is 6.07 Å². The molecule has 0 saturated carbocycles. The fourth-order valence-corrected chi connectivity index (χ4v) is 1.55. The lowest BCUT2D eigenvalue weighted by Crippen LogP contribution is -2.11. The van der Waals surface area contributed by atoms with Crippen molar-refractivity contribution in [3.05, 3.63) is 22.2 Å². The molecule has 78 valence electrons. The lowest BCUT2D eigenvalue weighted by atomic mass is 10.0. The maximum absolute atomic E-state index is 9.59. The minimum atomic E-state index is -0.160. The van der Waals surface area contributed by atoms with E-state index in [9.17, 15) is 10.2 Å². The van der Waals surface area contributed by atoms with Crippen LogP contribution in [0.25, 0.3) is 0 Å². The van der Waals surface area contributed by atoms with Crippen LogP contribution in [0.15, 0.2) is 6.07 Å². The van der Waals surface area contributed by atoms with Gasteiger partial charge in [0.1, 0.15) is 0 Å². The molecule has 0 saturated heterocycles. The summed E-state index contributed by atoms with van der Waals surface area (Å²) in [5, 5.41) is 22.4. The lowest BCUT2D eigenvalue weighted by Gasteiger charge is -2.11. The normalized spacial score (nSPS) is 10.5. The summed E-state index contributed by atoms with van der Waals surface area (Å²) in [6.07, 6.45) is 0.641. The summed E-state index contributed by atoms with van der Waals surface area (Å²) < 4.78 is 0. The second kappa shape index (κ2) is 4.53. The summed E-state index contributed by atoms with van der Waals surface area (Å²) in [5.74, 6) is -0.228. The van der Waals surface area contributed by atoms with E-state index in [0.29, 0.717) is 17.0 Å². The maximum Gasteiger partial charge on any atom is 0.161 e. The molecule has 4 heteroatoms. The van der Waals surface area contributed by atoms with Crippen LogP contribution >= 0.6 is 11.6 Å². The number of halogens is 1. The summed E-state index contributed by atoms with van der Waals surface area (Å²) in [6, 6.07) is 1.36. The monoisotopic (exact) mass is 215 g/mol. The molecule has 14 heavy (non-hydrogen) atoms. The molecule has 3 N–H and O–H groups in total. The van der Waals surface area contributed by atoms with Crippen LogP contribution in [0.1, 0.15) is 11.1 Å². The van der Waals surface area contributed by atoms with E-state index in [1.54, 1.807) is 0 Å². The van der Waals surface area contributed by atoms with E-state index >= 15 is 0 Å². The smallest absolute Gasteiger partial charge is 0.161 e. The Hall–Kier alpha value is -0.930. The largest absolute Gasteiger partial charge is 0.504 e. The van der Waals surface area contributed by atoms with Crippen LogP contribution in [0.5, 0.6) is 11.5 Å². The third-order valence-corrected chi connectivity index (χ3v) is 2.62. The summed E-state index contributed by atoms with van der Waals surface area (Å²) in [4.78, 5) is 0. The van der Waals surface area contributed by atoms with Crippen LogP contribution in [0, 0.1) is 6.92 Å². The first-order valence-electron chi connectivity index (χ1n) is 4.42. The number of rotatable bonds is 3. The van der Waals surface area contributed by atoms with Gasteiger partial charge in [-0.3, -0.25) is 0 Å². The Bertz CT molecular complexity index is 313. The lowest BCUT2D eigenvalue weighted by molar-refractivity contribution is 0.398. The molecule has 0 bridgehead atoms. The Labute approximate surface area is 88.3 Å². The highest BCUT2D eigenvalue weighted by Crippen LogP contribution is 2.36. The quantitative estimate of drug-likeness (QED) is 0.675. The summed E-state index contributed by atoms with van der Waals surface area (Å²) >= 11 is 5.88. The zero-order chi connectivity index (χ0) is 10.7. The first-order valence-corrected chi connectivity index (χ1v) is 4.80. The van der Waals surface area contributed by atoms with Gasteiger partial charge in [-0.2, -0.15) is 0 Å². The van der Waals surface area contributed by atoms with E-state index in [0.717, 1.165) is 12.1 Å². The zero-order valence-corrected chi connectivity index (χ0v) is 9.02. The number of hydrogen-bond acceptors (Lipinski definition) is 3. The second-order valence-corrected chi connectivity index (χ2v) is 3.59. The standard InChI is InChI=1S/C10H14ClNO2/c1-6-7(3-4-12-2)10(14)9(13)5-8(6)11/h5,12-14H,3-4H2,1-2H3. The minimum absolute atomic E-state index is 0.0675. The van der Waals surface area contributed by atoms with Gasteiger partial charge in [0.15, 0.2) is 11.5 Å². The van der Waals surface area contributed by atoms with Gasteiger partial charge in [0.05, 0.1) is 0 Å². The second-order valence-electron chi connectivity index (χ2n) is 3.18. The molecule has 0 radical (unpaired) electrons. The molecule has 0 amide bonds. The molecule has 0 aliphatic carbocycles. The number of aromatic hydroxyl groups is 2. The average molecular weight is 216 g/mol. The molecular weight excluding hydrogens is 202 g/mol. The number of phenolic OH excluding ortho intramolecular Hbond substituents is 2. The Morgan fingerprint density at radius 2 is 2.07 bits per heavy atom. The Morgan fingerprint density at radius 1 is 1.43 bits per heavy atom. The van der Waals surface area contributed by atoms with E-state index in [4.69, 9.17) is 11.6 Å². The number of hydrogen-bond donors (Lipinski definition) is 3. The number of benzene rings is 1. The molecule has 3 nitrogen and oxygen atoms in total. The Morgan fingerprint density at radius 3 is 2.64 bits per heavy atom. The van der Waals surface area contributed by atoms with Gasteiger partial charge in [0.2, 0.25) is 0 Å². The van der Waals surface area contributed by atoms with Crippen molar-refractivity contribution in [1.82, 2.24) is 5.32 Å². The highest BCUT2D eigenvalue weighted by molar-refractivity contribution is 6.31. The van der Waals surface area contributed by atoms with Crippen molar-refractivity contribution in [2.75, 3.05) is 13.6 Å². The first kappa shape index (κ1) is 11.1. The molecule has 0 fully saturated rings. The number of likely N-dealkylation sites (N-methyl/N-ethyl adjacent to an activating group) is 1. The zero-order valence-electron chi connectivity index (χ0n) is 8.26. The predicted molar refractivity (Wildman–Crippen MR) is 57.1 cm³/mol. The van der Waals surface area contributed by atoms with Crippen LogP contribution in [-0.4, -0.2) is 23.8 Å². The molecule has 0 aliphatic heterocycles. The molecule has 0 unspecified atom stereocenters. The van der Waals surface area contributed by atoms with E-state index in [2.05, 4.69) is 5.32 Å². The predicted octanol–water partition coefficient (Wildman–Crippen LogP) is 1.82. The van der Waals surface area contributed by atoms with Crippen LogP contribution in [0.3, 0.4) is 0 Å². The van der Waals surface area contributed by atoms with Crippen LogP contribution < -0.4 is 5.32 Å². The molecule has 1 aromatic rings. The third-order valence-electron chi connectivity index (χ3n) is 2.23. The highest BCUT2D eigenvalue weighted by atomic mass is 35.5. The van der Waals surface area contributed by atoms with Gasteiger partial charge in [-0.25, -0.2) is 0 Å². The minimum Gasteiger partial charge on any atom is -0.504 e. The molecule has 0 aliphatic rings. The van der Waals surface area contributed by atoms with Crippen molar-refractivity contribution in [2.24, 2.45) is 0 Å². The van der Waals surface area contributed by atoms with Crippen molar-refractivity contribution in [1.29, 1.82) is 0 Å². The maximum atomic E-state index is 9.59. The van der Waals surface area contributed by atoms with Gasteiger partial charge in [-0.15, -0.1) is 0 Å². The molecule has 0 atom stereocenters. The molecule has 0 aromatic heterocycles. The van der Waals surface area contributed by atoms with Crippen molar-refractivity contribution < 1.29 is 10.2 Å². The van der Waals surface area contributed by atoms with Crippen LogP contribution in [-0.2, 0) is 6.42 Å². The molecule has 0 heterocycles. The van der Waals surface area contributed by atoms with Crippen LogP contribution in [0.4, 0.5) is 0 Å². The molecule has 1 aromatic carbocycles. The topological polar surface area (TPSA) is 52.5 Å². The van der Waals surface area contributed by atoms with E-state index < -0.39 is 0 Å². The summed E-state index contributed by atoms with van der Waals surface area (Å²) in [5.41, 5.74) is 1.52. The number of nitrogens with one attached hydrogen (secondary N) is 1. The fourth-order valence-electron chi connectivity index (χ4n) is 1.33. The third kappa shape index (κ3) is 2.11. The van der Waals surface area contributed by atoms with Crippen LogP contribution in [0.2, 0.25) is 5.02 Å². The van der Waals surface area contributed by atoms with Gasteiger partial charge in [0.25, 0.3) is 0 Å². The highest BCUT2D eigenvalue weighted by Gasteiger charge is 2.12. The van der Waals surface area contributed by atoms with Gasteiger partial charge in [-0.1, -0.05) is 11.6 Å². The van der Waals surface area contributed by atoms with Gasteiger partial charge in [-0.05, 0) is 32.5 Å². The Balaban J connectivity index is 3.11. The average Bonchev–Trinajstić information content (AvgIpc) is 2.15. The van der Waals surface area contributed by atoms with Crippen molar-refractivity contribution in [3.8, 4) is 11.5 Å². The molecule has 1 rings (SSSR count). The summed E-state index contributed by atoms with van der Waals surface area (Å²) in [6.45, 7) is 2.56. The van der Waals surface area contributed by atoms with Gasteiger partial charge in [0, 0.05) is 16.7 Å². The van der Waals surface area contributed by atoms with Gasteiger partial charge < -0.3 is 15.5 Å². The van der Waals surface area contributed by atoms with E-state index in [1.807, 2.05) is 14.0 Å². The van der Waals surface area contributed by atoms with Crippen molar-refractivity contribution >= 4 is 11.6 Å². The molecular formula is C10H14ClNO2.